The molecule has 34 heavy (non-hydrogen) atoms. The lowest BCUT2D eigenvalue weighted by molar-refractivity contribution is -0.161. The van der Waals surface area contributed by atoms with Crippen LogP contribution in [0.4, 0.5) is 4.79 Å². The molecule has 2 aromatic carbocycles. The summed E-state index contributed by atoms with van der Waals surface area (Å²) in [4.78, 5) is 41.5. The Labute approximate surface area is 197 Å². The van der Waals surface area contributed by atoms with E-state index < -0.39 is 30.0 Å². The summed E-state index contributed by atoms with van der Waals surface area (Å²) >= 11 is 0. The van der Waals surface area contributed by atoms with Crippen LogP contribution in [0.3, 0.4) is 0 Å². The van der Waals surface area contributed by atoms with Crippen LogP contribution in [0.25, 0.3) is 11.1 Å². The Kier molecular flexibility index (Phi) is 6.00. The normalized spacial score (nSPS) is 25.3. The number of amides is 2. The number of ether oxygens (including phenoxy) is 1. The molecule has 0 spiro atoms. The molecule has 2 aromatic rings. The van der Waals surface area contributed by atoms with Crippen molar-refractivity contribution in [1.29, 1.82) is 0 Å². The highest BCUT2D eigenvalue weighted by molar-refractivity contribution is 5.81. The van der Waals surface area contributed by atoms with Gasteiger partial charge in [0.2, 0.25) is 5.91 Å². The van der Waals surface area contributed by atoms with Gasteiger partial charge in [-0.15, -0.1) is 0 Å². The molecule has 3 aliphatic rings. The van der Waals surface area contributed by atoms with Crippen LogP contribution in [0.2, 0.25) is 0 Å². The van der Waals surface area contributed by atoms with Crippen LogP contribution < -0.4 is 10.8 Å². The van der Waals surface area contributed by atoms with E-state index >= 15 is 0 Å². The van der Waals surface area contributed by atoms with Crippen LogP contribution in [0, 0.1) is 17.8 Å². The topological polar surface area (TPSA) is 114 Å². The van der Waals surface area contributed by atoms with E-state index in [1.54, 1.807) is 0 Å². The maximum Gasteiger partial charge on any atom is 0.407 e. The summed E-state index contributed by atoms with van der Waals surface area (Å²) in [7, 11) is 0. The van der Waals surface area contributed by atoms with Crippen molar-refractivity contribution in [3.8, 4) is 11.1 Å². The minimum Gasteiger partial charge on any atom is -0.479 e. The number of aliphatic carboxylic acids is 1. The number of alkyl carbamates (subject to hydrolysis) is 1. The number of benzene rings is 2. The SMILES string of the molecule is CC(ONC(=O)C1C2CCC(C2)C1NC(=O)OCC1c2ccccc2-c2ccccc21)C(=O)O. The Morgan fingerprint density at radius 1 is 1.00 bits per heavy atom. The highest BCUT2D eigenvalue weighted by Crippen LogP contribution is 2.49. The Morgan fingerprint density at radius 3 is 2.26 bits per heavy atom. The fourth-order valence-electron chi connectivity index (χ4n) is 5.92. The molecule has 8 heteroatoms. The number of rotatable bonds is 7. The standard InChI is InChI=1S/C26H28N2O6/c1-14(25(30)31)34-28-24(29)22-15-10-11-16(12-15)23(22)27-26(32)33-13-21-19-8-4-2-6-17(19)18-7-3-5-9-20(18)21/h2-9,14-16,21-23H,10-13H2,1H3,(H,27,32)(H,28,29)(H,30,31). The zero-order chi connectivity index (χ0) is 23.8. The van der Waals surface area contributed by atoms with E-state index in [-0.39, 0.29) is 30.4 Å². The third kappa shape index (κ3) is 4.03. The molecule has 2 bridgehead atoms. The molecule has 0 aromatic heterocycles. The van der Waals surface area contributed by atoms with Crippen molar-refractivity contribution in [2.24, 2.45) is 17.8 Å². The van der Waals surface area contributed by atoms with Crippen molar-refractivity contribution in [3.63, 3.8) is 0 Å². The summed E-state index contributed by atoms with van der Waals surface area (Å²) < 4.78 is 5.68. The molecule has 2 amide bonds. The molecular formula is C26H28N2O6. The largest absolute Gasteiger partial charge is 0.479 e. The number of carboxylic acid groups (broad SMARTS) is 1. The first kappa shape index (κ1) is 22.4. The van der Waals surface area contributed by atoms with Crippen molar-refractivity contribution in [3.05, 3.63) is 59.7 Å². The number of carbonyl (C=O) groups is 3. The van der Waals surface area contributed by atoms with Gasteiger partial charge in [-0.1, -0.05) is 48.5 Å². The Hall–Kier alpha value is -3.39. The Bertz CT molecular complexity index is 1070. The molecule has 178 valence electrons. The maximum absolute atomic E-state index is 12.8. The molecule has 0 heterocycles. The van der Waals surface area contributed by atoms with Gasteiger partial charge in [-0.3, -0.25) is 9.63 Å². The fraction of sp³-hybridized carbons (Fsp3) is 0.423. The van der Waals surface area contributed by atoms with E-state index in [2.05, 4.69) is 35.1 Å². The van der Waals surface area contributed by atoms with Gasteiger partial charge in [-0.2, -0.15) is 0 Å². The first-order valence-electron chi connectivity index (χ1n) is 11.7. The quantitative estimate of drug-likeness (QED) is 0.541. The number of hydrogen-bond donors (Lipinski definition) is 3. The van der Waals surface area contributed by atoms with Gasteiger partial charge in [-0.25, -0.2) is 15.1 Å². The van der Waals surface area contributed by atoms with E-state index in [9.17, 15) is 14.4 Å². The summed E-state index contributed by atoms with van der Waals surface area (Å²) in [6, 6.07) is 15.9. The molecule has 3 N–H and O–H groups in total. The number of hydroxylamine groups is 1. The molecule has 2 fully saturated rings. The lowest BCUT2D eigenvalue weighted by atomic mass is 9.84. The van der Waals surface area contributed by atoms with Gasteiger partial charge in [0.25, 0.3) is 0 Å². The number of nitrogens with one attached hydrogen (secondary N) is 2. The van der Waals surface area contributed by atoms with Crippen LogP contribution in [-0.2, 0) is 19.2 Å². The minimum atomic E-state index is -1.17. The fourth-order valence-corrected chi connectivity index (χ4v) is 5.92. The molecule has 2 saturated carbocycles. The van der Waals surface area contributed by atoms with E-state index in [0.717, 1.165) is 41.5 Å². The van der Waals surface area contributed by atoms with Gasteiger partial charge in [0.1, 0.15) is 6.61 Å². The van der Waals surface area contributed by atoms with Crippen molar-refractivity contribution < 1.29 is 29.1 Å². The second kappa shape index (κ2) is 9.10. The van der Waals surface area contributed by atoms with E-state index in [0.29, 0.717) is 0 Å². The number of fused-ring (bicyclic) bond motifs is 5. The van der Waals surface area contributed by atoms with E-state index in [1.165, 1.54) is 6.92 Å². The van der Waals surface area contributed by atoms with Gasteiger partial charge in [-0.05, 0) is 60.3 Å². The van der Waals surface area contributed by atoms with Gasteiger partial charge in [0.15, 0.2) is 6.10 Å². The molecule has 0 radical (unpaired) electrons. The van der Waals surface area contributed by atoms with Crippen molar-refractivity contribution in [2.75, 3.05) is 6.61 Å². The van der Waals surface area contributed by atoms with Gasteiger partial charge < -0.3 is 15.2 Å². The maximum atomic E-state index is 12.8. The second-order valence-electron chi connectivity index (χ2n) is 9.42. The smallest absolute Gasteiger partial charge is 0.407 e. The summed E-state index contributed by atoms with van der Waals surface area (Å²) in [5.74, 6) is -1.75. The molecule has 8 nitrogen and oxygen atoms in total. The van der Waals surface area contributed by atoms with Crippen LogP contribution >= 0.6 is 0 Å². The number of carbonyl (C=O) groups excluding carboxylic acids is 2. The molecule has 3 aliphatic carbocycles. The molecule has 5 unspecified atom stereocenters. The van der Waals surface area contributed by atoms with Crippen molar-refractivity contribution in [2.45, 2.75) is 44.2 Å². The molecular weight excluding hydrogens is 436 g/mol. The average molecular weight is 465 g/mol. The molecule has 5 atom stereocenters. The lowest BCUT2D eigenvalue weighted by Crippen LogP contribution is -2.50. The third-order valence-electron chi connectivity index (χ3n) is 7.53. The predicted molar refractivity (Wildman–Crippen MR) is 123 cm³/mol. The number of hydrogen-bond acceptors (Lipinski definition) is 5. The summed E-state index contributed by atoms with van der Waals surface area (Å²) in [6.45, 7) is 1.55. The van der Waals surface area contributed by atoms with Gasteiger partial charge in [0, 0.05) is 12.0 Å². The lowest BCUT2D eigenvalue weighted by Gasteiger charge is -2.30. The van der Waals surface area contributed by atoms with Gasteiger partial charge in [0.05, 0.1) is 5.92 Å². The average Bonchev–Trinajstić information content (AvgIpc) is 3.53. The predicted octanol–water partition coefficient (Wildman–Crippen LogP) is 3.46. The Morgan fingerprint density at radius 2 is 1.62 bits per heavy atom. The number of carboxylic acids is 1. The molecule has 0 saturated heterocycles. The summed E-state index contributed by atoms with van der Waals surface area (Å²) in [5.41, 5.74) is 6.87. The summed E-state index contributed by atoms with van der Waals surface area (Å²) in [5, 5.41) is 11.9. The Balaban J connectivity index is 1.23. The van der Waals surface area contributed by atoms with E-state index in [1.807, 2.05) is 24.3 Å². The molecule has 5 rings (SSSR count). The van der Waals surface area contributed by atoms with Gasteiger partial charge >= 0.3 is 12.1 Å². The van der Waals surface area contributed by atoms with E-state index in [4.69, 9.17) is 14.7 Å². The monoisotopic (exact) mass is 464 g/mol. The first-order valence-corrected chi connectivity index (χ1v) is 11.7. The first-order chi connectivity index (χ1) is 16.4. The van der Waals surface area contributed by atoms with Crippen LogP contribution in [0.1, 0.15) is 43.2 Å². The van der Waals surface area contributed by atoms with Crippen molar-refractivity contribution >= 4 is 18.0 Å². The molecule has 0 aliphatic heterocycles. The minimum absolute atomic E-state index is 0.0387. The third-order valence-corrected chi connectivity index (χ3v) is 7.53. The van der Waals surface area contributed by atoms with Crippen LogP contribution in [0.5, 0.6) is 0 Å². The van der Waals surface area contributed by atoms with Crippen LogP contribution in [0.15, 0.2) is 48.5 Å². The van der Waals surface area contributed by atoms with Crippen LogP contribution in [-0.4, -0.2) is 41.8 Å². The van der Waals surface area contributed by atoms with Crippen molar-refractivity contribution in [1.82, 2.24) is 10.8 Å². The highest BCUT2D eigenvalue weighted by Gasteiger charge is 2.52. The highest BCUT2D eigenvalue weighted by atomic mass is 16.7. The zero-order valence-electron chi connectivity index (χ0n) is 18.9. The summed E-state index contributed by atoms with van der Waals surface area (Å²) in [6.07, 6.45) is 0.990. The zero-order valence-corrected chi connectivity index (χ0v) is 18.9. The second-order valence-corrected chi connectivity index (χ2v) is 9.42.